The lowest BCUT2D eigenvalue weighted by Gasteiger charge is -2.06. The molecule has 2 aromatic rings. The predicted octanol–water partition coefficient (Wildman–Crippen LogP) is 3.78. The lowest BCUT2D eigenvalue weighted by atomic mass is 10.3. The highest BCUT2D eigenvalue weighted by Crippen LogP contribution is 2.19. The van der Waals surface area contributed by atoms with Crippen LogP contribution in [0, 0.1) is 0 Å². The maximum atomic E-state index is 5.76. The zero-order valence-corrected chi connectivity index (χ0v) is 13.0. The molecule has 4 heteroatoms. The van der Waals surface area contributed by atoms with Gasteiger partial charge in [-0.25, -0.2) is 0 Å². The molecule has 0 aliphatic carbocycles. The molecule has 0 saturated carbocycles. The van der Waals surface area contributed by atoms with Gasteiger partial charge in [0.05, 0.1) is 11.9 Å². The van der Waals surface area contributed by atoms with Crippen molar-refractivity contribution in [1.29, 1.82) is 0 Å². The Bertz CT molecular complexity index is 507. The van der Waals surface area contributed by atoms with Crippen LogP contribution < -0.4 is 10.1 Å². The average Bonchev–Trinajstić information content (AvgIpc) is 2.95. The number of aromatic nitrogens is 1. The van der Waals surface area contributed by atoms with E-state index in [1.165, 1.54) is 9.75 Å². The molecular formula is C16H22N2OS. The molecule has 0 fully saturated rings. The molecule has 0 amide bonds. The van der Waals surface area contributed by atoms with Crippen LogP contribution in [0.1, 0.15) is 35.7 Å². The Labute approximate surface area is 125 Å². The van der Waals surface area contributed by atoms with Gasteiger partial charge in [0, 0.05) is 16.3 Å². The third-order valence-electron chi connectivity index (χ3n) is 2.98. The standard InChI is InChI=1S/C16H22N2OS/c1-3-9-17-10-13-5-6-14(11-18-13)19-12-16-8-7-15(4-2)20-16/h5-8,11,17H,3-4,9-10,12H2,1-2H3. The molecule has 0 unspecified atom stereocenters. The molecule has 2 aromatic heterocycles. The van der Waals surface area contributed by atoms with E-state index in [-0.39, 0.29) is 0 Å². The molecule has 2 heterocycles. The smallest absolute Gasteiger partial charge is 0.138 e. The van der Waals surface area contributed by atoms with E-state index in [1.54, 1.807) is 6.20 Å². The van der Waals surface area contributed by atoms with Gasteiger partial charge in [0.15, 0.2) is 0 Å². The van der Waals surface area contributed by atoms with Crippen molar-refractivity contribution in [1.82, 2.24) is 10.3 Å². The summed E-state index contributed by atoms with van der Waals surface area (Å²) in [6.07, 6.45) is 4.03. The van der Waals surface area contributed by atoms with Crippen molar-refractivity contribution >= 4 is 11.3 Å². The Morgan fingerprint density at radius 2 is 2.00 bits per heavy atom. The minimum Gasteiger partial charge on any atom is -0.486 e. The fourth-order valence-corrected chi connectivity index (χ4v) is 2.71. The number of nitrogens with zero attached hydrogens (tertiary/aromatic N) is 1. The molecule has 2 rings (SSSR count). The van der Waals surface area contributed by atoms with Crippen molar-refractivity contribution in [3.05, 3.63) is 45.9 Å². The van der Waals surface area contributed by atoms with E-state index in [2.05, 4.69) is 36.3 Å². The Kier molecular flexibility index (Phi) is 6.02. The van der Waals surface area contributed by atoms with E-state index >= 15 is 0 Å². The van der Waals surface area contributed by atoms with Crippen LogP contribution >= 0.6 is 11.3 Å². The van der Waals surface area contributed by atoms with Gasteiger partial charge in [-0.05, 0) is 43.7 Å². The first-order valence-corrected chi connectivity index (χ1v) is 7.99. The molecule has 20 heavy (non-hydrogen) atoms. The fourth-order valence-electron chi connectivity index (χ4n) is 1.84. The number of rotatable bonds is 8. The number of ether oxygens (including phenoxy) is 1. The minimum absolute atomic E-state index is 0.625. The summed E-state index contributed by atoms with van der Waals surface area (Å²) in [7, 11) is 0. The monoisotopic (exact) mass is 290 g/mol. The van der Waals surface area contributed by atoms with Gasteiger partial charge in [0.1, 0.15) is 12.4 Å². The van der Waals surface area contributed by atoms with Crippen molar-refractivity contribution in [2.75, 3.05) is 6.54 Å². The normalized spacial score (nSPS) is 10.7. The van der Waals surface area contributed by atoms with Gasteiger partial charge in [-0.1, -0.05) is 13.8 Å². The number of pyridine rings is 1. The lowest BCUT2D eigenvalue weighted by Crippen LogP contribution is -2.14. The second kappa shape index (κ2) is 8.02. The highest BCUT2D eigenvalue weighted by atomic mass is 32.1. The van der Waals surface area contributed by atoms with Gasteiger partial charge in [-0.3, -0.25) is 4.98 Å². The van der Waals surface area contributed by atoms with Crippen LogP contribution in [0.2, 0.25) is 0 Å². The average molecular weight is 290 g/mol. The third kappa shape index (κ3) is 4.62. The SMILES string of the molecule is CCCNCc1ccc(OCc2ccc(CC)s2)cn1. The lowest BCUT2D eigenvalue weighted by molar-refractivity contribution is 0.308. The molecule has 0 saturated heterocycles. The van der Waals surface area contributed by atoms with Gasteiger partial charge < -0.3 is 10.1 Å². The third-order valence-corrected chi connectivity index (χ3v) is 4.18. The maximum absolute atomic E-state index is 5.76. The largest absolute Gasteiger partial charge is 0.486 e. The molecule has 0 aromatic carbocycles. The number of hydrogen-bond acceptors (Lipinski definition) is 4. The van der Waals surface area contributed by atoms with Crippen molar-refractivity contribution in [2.45, 2.75) is 39.8 Å². The van der Waals surface area contributed by atoms with Gasteiger partial charge in [0.25, 0.3) is 0 Å². The molecular weight excluding hydrogens is 268 g/mol. The summed E-state index contributed by atoms with van der Waals surface area (Å²) in [6, 6.07) is 8.32. The Morgan fingerprint density at radius 1 is 1.15 bits per heavy atom. The zero-order chi connectivity index (χ0) is 14.2. The van der Waals surface area contributed by atoms with Crippen LogP contribution in [0.4, 0.5) is 0 Å². The molecule has 1 N–H and O–H groups in total. The van der Waals surface area contributed by atoms with Crippen LogP contribution in [0.15, 0.2) is 30.5 Å². The van der Waals surface area contributed by atoms with E-state index in [1.807, 2.05) is 23.5 Å². The summed E-state index contributed by atoms with van der Waals surface area (Å²) in [5.41, 5.74) is 1.05. The van der Waals surface area contributed by atoms with Crippen LogP contribution in [0.25, 0.3) is 0 Å². The first kappa shape index (κ1) is 15.0. The maximum Gasteiger partial charge on any atom is 0.138 e. The number of nitrogens with one attached hydrogen (secondary N) is 1. The Hall–Kier alpha value is -1.39. The van der Waals surface area contributed by atoms with Crippen LogP contribution in [-0.2, 0) is 19.6 Å². The molecule has 0 bridgehead atoms. The Balaban J connectivity index is 1.81. The van der Waals surface area contributed by atoms with E-state index in [4.69, 9.17) is 4.74 Å². The van der Waals surface area contributed by atoms with E-state index in [0.29, 0.717) is 6.61 Å². The molecule has 0 aliphatic rings. The van der Waals surface area contributed by atoms with Gasteiger partial charge in [-0.2, -0.15) is 0 Å². The molecule has 3 nitrogen and oxygen atoms in total. The van der Waals surface area contributed by atoms with Gasteiger partial charge >= 0.3 is 0 Å². The van der Waals surface area contributed by atoms with Gasteiger partial charge in [0.2, 0.25) is 0 Å². The Morgan fingerprint density at radius 3 is 2.65 bits per heavy atom. The minimum atomic E-state index is 0.625. The van der Waals surface area contributed by atoms with E-state index < -0.39 is 0 Å². The number of hydrogen-bond donors (Lipinski definition) is 1. The second-order valence-electron chi connectivity index (χ2n) is 4.67. The van der Waals surface area contributed by atoms with Crippen LogP contribution in [0.5, 0.6) is 5.75 Å². The highest BCUT2D eigenvalue weighted by molar-refractivity contribution is 7.11. The van der Waals surface area contributed by atoms with Crippen molar-refractivity contribution < 1.29 is 4.74 Å². The molecule has 108 valence electrons. The molecule has 0 spiro atoms. The van der Waals surface area contributed by atoms with E-state index in [0.717, 1.165) is 37.4 Å². The molecule has 0 atom stereocenters. The number of thiophene rings is 1. The molecule has 0 aliphatic heterocycles. The van der Waals surface area contributed by atoms with Crippen molar-refractivity contribution in [3.8, 4) is 5.75 Å². The first-order chi connectivity index (χ1) is 9.81. The van der Waals surface area contributed by atoms with Crippen molar-refractivity contribution in [2.24, 2.45) is 0 Å². The first-order valence-electron chi connectivity index (χ1n) is 7.17. The summed E-state index contributed by atoms with van der Waals surface area (Å²) in [5, 5.41) is 3.34. The van der Waals surface area contributed by atoms with Crippen LogP contribution in [0.3, 0.4) is 0 Å². The number of aryl methyl sites for hydroxylation is 1. The summed E-state index contributed by atoms with van der Waals surface area (Å²) in [6.45, 7) is 6.80. The summed E-state index contributed by atoms with van der Waals surface area (Å²) in [4.78, 5) is 7.06. The highest BCUT2D eigenvalue weighted by Gasteiger charge is 2.01. The van der Waals surface area contributed by atoms with Crippen molar-refractivity contribution in [3.63, 3.8) is 0 Å². The summed E-state index contributed by atoms with van der Waals surface area (Å²) >= 11 is 1.81. The van der Waals surface area contributed by atoms with Gasteiger partial charge in [-0.15, -0.1) is 11.3 Å². The predicted molar refractivity (Wildman–Crippen MR) is 84.3 cm³/mol. The second-order valence-corrected chi connectivity index (χ2v) is 5.93. The topological polar surface area (TPSA) is 34.1 Å². The summed E-state index contributed by atoms with van der Waals surface area (Å²) < 4.78 is 5.76. The quantitative estimate of drug-likeness (QED) is 0.751. The van der Waals surface area contributed by atoms with E-state index in [9.17, 15) is 0 Å². The van der Waals surface area contributed by atoms with Crippen LogP contribution in [-0.4, -0.2) is 11.5 Å². The summed E-state index contributed by atoms with van der Waals surface area (Å²) in [5.74, 6) is 0.829. The molecule has 0 radical (unpaired) electrons. The fraction of sp³-hybridized carbons (Fsp3) is 0.438. The zero-order valence-electron chi connectivity index (χ0n) is 12.2.